The van der Waals surface area contributed by atoms with Gasteiger partial charge in [-0.05, 0) is 59.3 Å². The van der Waals surface area contributed by atoms with Gasteiger partial charge in [0.05, 0.1) is 5.41 Å². The first-order chi connectivity index (χ1) is 9.66. The number of carboxylic acids is 1. The largest absolute Gasteiger partial charge is 0.481 e. The van der Waals surface area contributed by atoms with Crippen molar-refractivity contribution in [2.75, 3.05) is 19.6 Å². The molecule has 0 aliphatic carbocycles. The molecular formula is C16H28N2O3. The lowest BCUT2D eigenvalue weighted by Crippen LogP contribution is -2.54. The molecule has 2 heterocycles. The molecule has 2 amide bonds. The minimum Gasteiger partial charge on any atom is -0.481 e. The van der Waals surface area contributed by atoms with E-state index in [0.29, 0.717) is 6.54 Å². The Kier molecular flexibility index (Phi) is 4.22. The third-order valence-electron chi connectivity index (χ3n) is 5.40. The van der Waals surface area contributed by atoms with E-state index in [0.717, 1.165) is 38.8 Å². The molecule has 0 aromatic heterocycles. The third-order valence-corrected chi connectivity index (χ3v) is 5.40. The summed E-state index contributed by atoms with van der Waals surface area (Å²) in [6.45, 7) is 9.89. The summed E-state index contributed by atoms with van der Waals surface area (Å²) < 4.78 is 0. The van der Waals surface area contributed by atoms with Crippen molar-refractivity contribution < 1.29 is 14.7 Å². The summed E-state index contributed by atoms with van der Waals surface area (Å²) in [5.41, 5.74) is -0.855. The normalized spacial score (nSPS) is 26.0. The van der Waals surface area contributed by atoms with Gasteiger partial charge in [0.2, 0.25) is 0 Å². The summed E-state index contributed by atoms with van der Waals surface area (Å²) in [4.78, 5) is 28.0. The zero-order chi connectivity index (χ0) is 15.8. The molecule has 0 bridgehead atoms. The maximum Gasteiger partial charge on any atom is 0.320 e. The summed E-state index contributed by atoms with van der Waals surface area (Å²) >= 11 is 0. The van der Waals surface area contributed by atoms with Gasteiger partial charge in [-0.15, -0.1) is 0 Å². The highest BCUT2D eigenvalue weighted by atomic mass is 16.4. The fourth-order valence-electron chi connectivity index (χ4n) is 3.55. The van der Waals surface area contributed by atoms with Crippen LogP contribution in [0.2, 0.25) is 0 Å². The molecule has 2 fully saturated rings. The average molecular weight is 296 g/mol. The molecule has 0 aromatic carbocycles. The predicted octanol–water partition coefficient (Wildman–Crippen LogP) is 2.80. The van der Waals surface area contributed by atoms with Crippen LogP contribution in [0, 0.1) is 11.3 Å². The summed E-state index contributed by atoms with van der Waals surface area (Å²) in [7, 11) is 0. The first kappa shape index (κ1) is 16.1. The number of piperidine rings is 1. The lowest BCUT2D eigenvalue weighted by Gasteiger charge is -2.42. The summed E-state index contributed by atoms with van der Waals surface area (Å²) in [5.74, 6) is -0.748. The smallest absolute Gasteiger partial charge is 0.320 e. The standard InChI is InChI=1S/C16H28N2O3/c1-15(2)8-6-10-18(15)14(21)17-9-5-7-12(11-17)16(3,4)13(19)20/h12H,5-11H2,1-4H3,(H,19,20). The fourth-order valence-corrected chi connectivity index (χ4v) is 3.55. The number of hydrogen-bond acceptors (Lipinski definition) is 2. The second-order valence-electron chi connectivity index (χ2n) is 7.66. The number of carboxylic acid groups (broad SMARTS) is 1. The van der Waals surface area contributed by atoms with Crippen molar-refractivity contribution in [3.8, 4) is 0 Å². The number of urea groups is 1. The Morgan fingerprint density at radius 3 is 2.38 bits per heavy atom. The van der Waals surface area contributed by atoms with Gasteiger partial charge in [0, 0.05) is 25.2 Å². The molecule has 0 spiro atoms. The zero-order valence-corrected chi connectivity index (χ0v) is 13.7. The summed E-state index contributed by atoms with van der Waals surface area (Å²) in [5, 5.41) is 9.40. The van der Waals surface area contributed by atoms with Crippen molar-refractivity contribution in [2.45, 2.75) is 58.9 Å². The Balaban J connectivity index is 2.08. The van der Waals surface area contributed by atoms with Gasteiger partial charge < -0.3 is 14.9 Å². The average Bonchev–Trinajstić information content (AvgIpc) is 2.77. The number of amides is 2. The highest BCUT2D eigenvalue weighted by molar-refractivity contribution is 5.77. The number of carbonyl (C=O) groups is 2. The summed E-state index contributed by atoms with van der Waals surface area (Å²) in [6.07, 6.45) is 3.86. The molecule has 1 unspecified atom stereocenters. The lowest BCUT2D eigenvalue weighted by atomic mass is 9.74. The van der Waals surface area contributed by atoms with Crippen molar-refractivity contribution >= 4 is 12.0 Å². The monoisotopic (exact) mass is 296 g/mol. The van der Waals surface area contributed by atoms with Crippen LogP contribution < -0.4 is 0 Å². The molecule has 21 heavy (non-hydrogen) atoms. The number of rotatable bonds is 2. The quantitative estimate of drug-likeness (QED) is 0.852. The zero-order valence-electron chi connectivity index (χ0n) is 13.7. The van der Waals surface area contributed by atoms with Crippen LogP contribution in [0.4, 0.5) is 4.79 Å². The van der Waals surface area contributed by atoms with E-state index in [1.807, 2.05) is 9.80 Å². The molecule has 5 nitrogen and oxygen atoms in total. The van der Waals surface area contributed by atoms with Gasteiger partial charge in [0.15, 0.2) is 0 Å². The van der Waals surface area contributed by atoms with E-state index in [-0.39, 0.29) is 17.5 Å². The Labute approximate surface area is 127 Å². The van der Waals surface area contributed by atoms with E-state index in [9.17, 15) is 14.7 Å². The van der Waals surface area contributed by atoms with Crippen molar-refractivity contribution in [3.63, 3.8) is 0 Å². The topological polar surface area (TPSA) is 60.9 Å². The Morgan fingerprint density at radius 1 is 1.19 bits per heavy atom. The fraction of sp³-hybridized carbons (Fsp3) is 0.875. The maximum absolute atomic E-state index is 12.8. The van der Waals surface area contributed by atoms with E-state index >= 15 is 0 Å². The van der Waals surface area contributed by atoms with E-state index in [1.165, 1.54) is 0 Å². The molecular weight excluding hydrogens is 268 g/mol. The minimum atomic E-state index is -0.778. The molecule has 0 aromatic rings. The van der Waals surface area contributed by atoms with Gasteiger partial charge in [-0.2, -0.15) is 0 Å². The molecule has 2 aliphatic rings. The van der Waals surface area contributed by atoms with Crippen LogP contribution in [0.25, 0.3) is 0 Å². The lowest BCUT2D eigenvalue weighted by molar-refractivity contribution is -0.151. The van der Waals surface area contributed by atoms with Gasteiger partial charge >= 0.3 is 12.0 Å². The van der Waals surface area contributed by atoms with E-state index in [2.05, 4.69) is 13.8 Å². The molecule has 1 N–H and O–H groups in total. The third kappa shape index (κ3) is 3.01. The molecule has 1 atom stereocenters. The number of likely N-dealkylation sites (tertiary alicyclic amines) is 2. The van der Waals surface area contributed by atoms with Crippen molar-refractivity contribution in [1.82, 2.24) is 9.80 Å². The number of hydrogen-bond donors (Lipinski definition) is 1. The SMILES string of the molecule is CC(C)(C(=O)O)C1CCCN(C(=O)N2CCCC2(C)C)C1. The maximum atomic E-state index is 12.8. The first-order valence-corrected chi connectivity index (χ1v) is 7.96. The van der Waals surface area contributed by atoms with E-state index in [1.54, 1.807) is 13.8 Å². The van der Waals surface area contributed by atoms with Gasteiger partial charge in [-0.1, -0.05) is 0 Å². The highest BCUT2D eigenvalue weighted by Gasteiger charge is 2.43. The summed E-state index contributed by atoms with van der Waals surface area (Å²) in [6, 6.07) is 0.0865. The van der Waals surface area contributed by atoms with Gasteiger partial charge in [-0.3, -0.25) is 4.79 Å². The van der Waals surface area contributed by atoms with Gasteiger partial charge in [0.25, 0.3) is 0 Å². The Morgan fingerprint density at radius 2 is 1.86 bits per heavy atom. The van der Waals surface area contributed by atoms with E-state index < -0.39 is 11.4 Å². The number of nitrogens with zero attached hydrogens (tertiary/aromatic N) is 2. The van der Waals surface area contributed by atoms with Crippen LogP contribution in [0.3, 0.4) is 0 Å². The predicted molar refractivity (Wildman–Crippen MR) is 81.1 cm³/mol. The first-order valence-electron chi connectivity index (χ1n) is 7.96. The Bertz CT molecular complexity index is 431. The molecule has 0 saturated carbocycles. The van der Waals surface area contributed by atoms with Crippen molar-refractivity contribution in [2.24, 2.45) is 11.3 Å². The molecule has 0 radical (unpaired) electrons. The molecule has 120 valence electrons. The second-order valence-corrected chi connectivity index (χ2v) is 7.66. The number of aliphatic carboxylic acids is 1. The van der Waals surface area contributed by atoms with Crippen LogP contribution >= 0.6 is 0 Å². The minimum absolute atomic E-state index is 0.0263. The van der Waals surface area contributed by atoms with Gasteiger partial charge in [0.1, 0.15) is 0 Å². The van der Waals surface area contributed by atoms with Crippen molar-refractivity contribution in [3.05, 3.63) is 0 Å². The van der Waals surface area contributed by atoms with Gasteiger partial charge in [-0.25, -0.2) is 4.79 Å². The van der Waals surface area contributed by atoms with E-state index in [4.69, 9.17) is 0 Å². The van der Waals surface area contributed by atoms with Crippen molar-refractivity contribution in [1.29, 1.82) is 0 Å². The number of carbonyl (C=O) groups excluding carboxylic acids is 1. The van der Waals surface area contributed by atoms with Crippen LogP contribution in [0.15, 0.2) is 0 Å². The second kappa shape index (κ2) is 5.50. The Hall–Kier alpha value is -1.26. The molecule has 2 saturated heterocycles. The molecule has 5 heteroatoms. The highest BCUT2D eigenvalue weighted by Crippen LogP contribution is 2.36. The van der Waals surface area contributed by atoms with Crippen LogP contribution in [0.1, 0.15) is 53.4 Å². The van der Waals surface area contributed by atoms with Crippen LogP contribution in [-0.4, -0.2) is 52.1 Å². The van der Waals surface area contributed by atoms with Crippen LogP contribution in [-0.2, 0) is 4.79 Å². The molecule has 2 aliphatic heterocycles. The molecule has 2 rings (SSSR count). The van der Waals surface area contributed by atoms with Crippen LogP contribution in [0.5, 0.6) is 0 Å².